The Morgan fingerprint density at radius 1 is 1.11 bits per heavy atom. The fourth-order valence-corrected chi connectivity index (χ4v) is 1.75. The number of hydrogen-bond donors (Lipinski definition) is 0. The summed E-state index contributed by atoms with van der Waals surface area (Å²) in [5.74, 6) is -0.810. The highest BCUT2D eigenvalue weighted by molar-refractivity contribution is 6.30. The number of benzene rings is 2. The van der Waals surface area contributed by atoms with E-state index in [0.29, 0.717) is 0 Å². The maximum absolute atomic E-state index is 13.6. The van der Waals surface area contributed by atoms with Gasteiger partial charge in [-0.25, -0.2) is 4.39 Å². The zero-order valence-corrected chi connectivity index (χ0v) is 9.61. The molecule has 2 aromatic carbocycles. The average Bonchev–Trinajstić information content (AvgIpc) is 2.28. The van der Waals surface area contributed by atoms with Gasteiger partial charge in [-0.05, 0) is 30.3 Å². The summed E-state index contributed by atoms with van der Waals surface area (Å²) in [5, 5.41) is 0.126. The molecule has 0 atom stereocenters. The first-order chi connectivity index (χ1) is 8.39. The largest absolute Gasteiger partial charge is 0.417 e. The van der Waals surface area contributed by atoms with Crippen LogP contribution in [-0.4, -0.2) is 0 Å². The summed E-state index contributed by atoms with van der Waals surface area (Å²) in [6, 6.07) is 9.33. The predicted octanol–water partition coefficient (Wildman–Crippen LogP) is 4.97. The molecular weight excluding hydrogens is 268 g/mol. The van der Waals surface area contributed by atoms with Gasteiger partial charge in [-0.15, -0.1) is 0 Å². The molecule has 0 aromatic heterocycles. The first-order valence-corrected chi connectivity index (χ1v) is 5.30. The molecule has 0 bridgehead atoms. The minimum Gasteiger partial charge on any atom is -0.206 e. The first-order valence-electron chi connectivity index (χ1n) is 4.93. The van der Waals surface area contributed by atoms with Gasteiger partial charge in [0.2, 0.25) is 0 Å². The van der Waals surface area contributed by atoms with Crippen molar-refractivity contribution >= 4 is 11.6 Å². The van der Waals surface area contributed by atoms with Crippen molar-refractivity contribution in [2.75, 3.05) is 0 Å². The summed E-state index contributed by atoms with van der Waals surface area (Å²) < 4.78 is 52.0. The molecule has 0 amide bonds. The van der Waals surface area contributed by atoms with Crippen LogP contribution in [0.3, 0.4) is 0 Å². The molecule has 2 aromatic rings. The lowest BCUT2D eigenvalue weighted by atomic mass is 9.99. The molecule has 0 nitrogen and oxygen atoms in total. The van der Waals surface area contributed by atoms with Gasteiger partial charge in [-0.3, -0.25) is 0 Å². The zero-order valence-electron chi connectivity index (χ0n) is 8.85. The predicted molar refractivity (Wildman–Crippen MR) is 60.7 cm³/mol. The van der Waals surface area contributed by atoms with Crippen molar-refractivity contribution in [3.63, 3.8) is 0 Å². The molecule has 0 saturated carbocycles. The lowest BCUT2D eigenvalue weighted by molar-refractivity contribution is -0.137. The molecule has 0 spiro atoms. The van der Waals surface area contributed by atoms with E-state index in [1.54, 1.807) is 0 Å². The molecule has 1 radical (unpaired) electrons. The van der Waals surface area contributed by atoms with Crippen molar-refractivity contribution < 1.29 is 17.6 Å². The number of hydrogen-bond acceptors (Lipinski definition) is 0. The highest BCUT2D eigenvalue weighted by atomic mass is 35.5. The van der Waals surface area contributed by atoms with Crippen LogP contribution >= 0.6 is 11.6 Å². The molecule has 0 aliphatic carbocycles. The van der Waals surface area contributed by atoms with E-state index in [4.69, 9.17) is 11.6 Å². The topological polar surface area (TPSA) is 0 Å². The van der Waals surface area contributed by atoms with Gasteiger partial charge in [0.1, 0.15) is 5.82 Å². The number of alkyl halides is 3. The van der Waals surface area contributed by atoms with Crippen molar-refractivity contribution in [1.82, 2.24) is 0 Å². The fraction of sp³-hybridized carbons (Fsp3) is 0.0769. The third-order valence-electron chi connectivity index (χ3n) is 2.36. The van der Waals surface area contributed by atoms with Gasteiger partial charge in [-0.1, -0.05) is 23.7 Å². The molecule has 2 rings (SSSR count). The summed E-state index contributed by atoms with van der Waals surface area (Å²) >= 11 is 5.56. The van der Waals surface area contributed by atoms with E-state index in [1.165, 1.54) is 24.3 Å². The van der Waals surface area contributed by atoms with Crippen molar-refractivity contribution in [2.24, 2.45) is 0 Å². The van der Waals surface area contributed by atoms with E-state index in [1.807, 2.05) is 0 Å². The van der Waals surface area contributed by atoms with E-state index in [0.717, 1.165) is 12.1 Å². The van der Waals surface area contributed by atoms with Crippen LogP contribution in [0, 0.1) is 11.9 Å². The normalized spacial score (nSPS) is 11.6. The second-order valence-electron chi connectivity index (χ2n) is 3.58. The molecule has 0 aliphatic heterocycles. The summed E-state index contributed by atoms with van der Waals surface area (Å²) in [6.07, 6.45) is -4.56. The molecule has 93 valence electrons. The van der Waals surface area contributed by atoms with Crippen LogP contribution in [0.2, 0.25) is 5.02 Å². The van der Waals surface area contributed by atoms with Crippen LogP contribution in [-0.2, 0) is 6.18 Å². The van der Waals surface area contributed by atoms with Crippen molar-refractivity contribution in [3.05, 3.63) is 58.9 Å². The van der Waals surface area contributed by atoms with E-state index in [-0.39, 0.29) is 16.1 Å². The second kappa shape index (κ2) is 4.61. The fourth-order valence-electron chi connectivity index (χ4n) is 1.59. The Balaban J connectivity index is 2.64. The average molecular weight is 274 g/mol. The zero-order chi connectivity index (χ0) is 13.3. The van der Waals surface area contributed by atoms with Gasteiger partial charge in [-0.2, -0.15) is 13.2 Å². The molecule has 5 heteroatoms. The molecule has 0 heterocycles. The Morgan fingerprint density at radius 2 is 1.83 bits per heavy atom. The van der Waals surface area contributed by atoms with Crippen molar-refractivity contribution in [2.45, 2.75) is 6.18 Å². The van der Waals surface area contributed by atoms with E-state index >= 15 is 0 Å². The van der Waals surface area contributed by atoms with Gasteiger partial charge >= 0.3 is 6.18 Å². The minimum atomic E-state index is -4.56. The number of halogens is 5. The second-order valence-corrected chi connectivity index (χ2v) is 4.02. The first kappa shape index (κ1) is 12.9. The molecular formula is C13H6ClF4. The minimum absolute atomic E-state index is 0.126. The van der Waals surface area contributed by atoms with Crippen LogP contribution in [0.4, 0.5) is 17.6 Å². The highest BCUT2D eigenvalue weighted by Crippen LogP contribution is 2.37. The van der Waals surface area contributed by atoms with Crippen LogP contribution in [0.1, 0.15) is 5.56 Å². The van der Waals surface area contributed by atoms with Crippen molar-refractivity contribution in [3.8, 4) is 11.1 Å². The van der Waals surface area contributed by atoms with E-state index in [2.05, 4.69) is 6.07 Å². The lowest BCUT2D eigenvalue weighted by Gasteiger charge is -2.13. The summed E-state index contributed by atoms with van der Waals surface area (Å²) in [4.78, 5) is 0. The van der Waals surface area contributed by atoms with Gasteiger partial charge in [0.25, 0.3) is 0 Å². The third-order valence-corrected chi connectivity index (χ3v) is 2.60. The number of rotatable bonds is 1. The summed E-state index contributed by atoms with van der Waals surface area (Å²) in [5.41, 5.74) is -1.42. The van der Waals surface area contributed by atoms with Crippen LogP contribution in [0.15, 0.2) is 36.4 Å². The van der Waals surface area contributed by atoms with Crippen LogP contribution in [0.5, 0.6) is 0 Å². The molecule has 0 N–H and O–H groups in total. The maximum Gasteiger partial charge on any atom is 0.417 e. The third kappa shape index (κ3) is 2.48. The Morgan fingerprint density at radius 3 is 2.44 bits per heavy atom. The van der Waals surface area contributed by atoms with Gasteiger partial charge < -0.3 is 0 Å². The Kier molecular flexibility index (Phi) is 3.30. The Hall–Kier alpha value is -1.55. The van der Waals surface area contributed by atoms with E-state index < -0.39 is 17.6 Å². The van der Waals surface area contributed by atoms with Gasteiger partial charge in [0.15, 0.2) is 0 Å². The standard InChI is InChI=1S/C13H6ClF4/c14-8-5-6-10(12(15)7-8)9-3-1-2-4-11(9)13(16,17)18/h1-2,4-7H. The Labute approximate surface area is 106 Å². The summed E-state index contributed by atoms with van der Waals surface area (Å²) in [6.45, 7) is 0. The molecule has 0 fully saturated rings. The summed E-state index contributed by atoms with van der Waals surface area (Å²) in [7, 11) is 0. The quantitative estimate of drug-likeness (QED) is 0.644. The highest BCUT2D eigenvalue weighted by Gasteiger charge is 2.33. The molecule has 0 aliphatic rings. The van der Waals surface area contributed by atoms with E-state index in [9.17, 15) is 17.6 Å². The smallest absolute Gasteiger partial charge is 0.206 e. The lowest BCUT2D eigenvalue weighted by Crippen LogP contribution is -2.07. The van der Waals surface area contributed by atoms with Crippen LogP contribution in [0.25, 0.3) is 11.1 Å². The molecule has 0 unspecified atom stereocenters. The SMILES string of the molecule is Fc1cc(Cl)ccc1-c1[c]cccc1C(F)(F)F. The molecule has 0 saturated heterocycles. The monoisotopic (exact) mass is 273 g/mol. The Bertz CT molecular complexity index is 575. The maximum atomic E-state index is 13.6. The molecule has 18 heavy (non-hydrogen) atoms. The van der Waals surface area contributed by atoms with Gasteiger partial charge in [0, 0.05) is 16.1 Å². The van der Waals surface area contributed by atoms with Gasteiger partial charge in [0.05, 0.1) is 5.56 Å². The van der Waals surface area contributed by atoms with Crippen molar-refractivity contribution in [1.29, 1.82) is 0 Å². The van der Waals surface area contributed by atoms with Crippen LogP contribution < -0.4 is 0 Å².